The fraction of sp³-hybridized carbons (Fsp3) is 0.222. The van der Waals surface area contributed by atoms with Crippen molar-refractivity contribution in [3.63, 3.8) is 0 Å². The molecule has 0 spiro atoms. The number of hydrogen-bond acceptors (Lipinski definition) is 6. The topological polar surface area (TPSA) is 125 Å². The Bertz CT molecular complexity index is 908. The average molecular weight is 392 g/mol. The summed E-state index contributed by atoms with van der Waals surface area (Å²) >= 11 is 0. The summed E-state index contributed by atoms with van der Waals surface area (Å²) in [4.78, 5) is 22.8. The lowest BCUT2D eigenvalue weighted by Gasteiger charge is -2.11. The first-order valence-electron chi connectivity index (χ1n) is 8.09. The number of carbonyl (C=O) groups is 2. The van der Waals surface area contributed by atoms with Gasteiger partial charge in [0.1, 0.15) is 5.75 Å². The van der Waals surface area contributed by atoms with Crippen molar-refractivity contribution < 1.29 is 27.5 Å². The van der Waals surface area contributed by atoms with Gasteiger partial charge in [0, 0.05) is 5.69 Å². The zero-order chi connectivity index (χ0) is 20.0. The highest BCUT2D eigenvalue weighted by Gasteiger charge is 2.18. The lowest BCUT2D eigenvalue weighted by molar-refractivity contribution is -0.125. The van der Waals surface area contributed by atoms with Crippen LogP contribution in [0.5, 0.6) is 5.75 Å². The monoisotopic (exact) mass is 392 g/mol. The molecule has 0 saturated carbocycles. The molecule has 0 aromatic heterocycles. The van der Waals surface area contributed by atoms with Gasteiger partial charge in [-0.15, -0.1) is 0 Å². The minimum Gasteiger partial charge on any atom is -0.494 e. The van der Waals surface area contributed by atoms with Gasteiger partial charge in [0.2, 0.25) is 0 Å². The number of primary amides is 1. The van der Waals surface area contributed by atoms with Gasteiger partial charge in [0.05, 0.1) is 17.1 Å². The highest BCUT2D eigenvalue weighted by Crippen LogP contribution is 2.20. The molecule has 0 radical (unpaired) electrons. The molecule has 8 nitrogen and oxygen atoms in total. The van der Waals surface area contributed by atoms with Crippen LogP contribution in [-0.2, 0) is 19.6 Å². The van der Waals surface area contributed by atoms with Crippen molar-refractivity contribution in [2.24, 2.45) is 5.73 Å². The number of nitrogens with one attached hydrogen (secondary N) is 1. The zero-order valence-electron chi connectivity index (χ0n) is 14.8. The summed E-state index contributed by atoms with van der Waals surface area (Å²) < 4.78 is 37.5. The number of rotatable bonds is 8. The minimum absolute atomic E-state index is 0.0316. The van der Waals surface area contributed by atoms with Crippen molar-refractivity contribution in [1.82, 2.24) is 0 Å². The van der Waals surface area contributed by atoms with Crippen LogP contribution in [0.2, 0.25) is 0 Å². The van der Waals surface area contributed by atoms with Crippen molar-refractivity contribution in [2.75, 3.05) is 11.3 Å². The van der Waals surface area contributed by atoms with E-state index in [9.17, 15) is 18.0 Å². The predicted octanol–water partition coefficient (Wildman–Crippen LogP) is 1.92. The molecule has 0 saturated heterocycles. The standard InChI is InChI=1S/C18H20N2O6S/c1-3-25-15-8-6-14(7-9-15)20-27(23,24)16-10-4-13(5-11-16)18(22)26-12(2)17(19)21/h4-12,20H,3H2,1-2H3,(H2,19,21)/t12-/m1/s1. The molecule has 1 amide bonds. The van der Waals surface area contributed by atoms with Crippen LogP contribution in [0.3, 0.4) is 0 Å². The van der Waals surface area contributed by atoms with Crippen LogP contribution >= 0.6 is 0 Å². The number of hydrogen-bond donors (Lipinski definition) is 2. The number of amides is 1. The summed E-state index contributed by atoms with van der Waals surface area (Å²) in [5.41, 5.74) is 5.50. The average Bonchev–Trinajstić information content (AvgIpc) is 2.63. The number of esters is 1. The first kappa shape index (κ1) is 20.2. The number of benzene rings is 2. The van der Waals surface area contributed by atoms with E-state index in [2.05, 4.69) is 4.72 Å². The van der Waals surface area contributed by atoms with Crippen molar-refractivity contribution in [3.05, 3.63) is 54.1 Å². The van der Waals surface area contributed by atoms with E-state index >= 15 is 0 Å². The van der Waals surface area contributed by atoms with Gasteiger partial charge in [-0.2, -0.15) is 0 Å². The Morgan fingerprint density at radius 2 is 1.67 bits per heavy atom. The first-order chi connectivity index (χ1) is 12.7. The summed E-state index contributed by atoms with van der Waals surface area (Å²) in [7, 11) is -3.83. The van der Waals surface area contributed by atoms with Crippen LogP contribution in [0.1, 0.15) is 24.2 Å². The van der Waals surface area contributed by atoms with Gasteiger partial charge < -0.3 is 15.2 Å². The molecule has 27 heavy (non-hydrogen) atoms. The van der Waals surface area contributed by atoms with E-state index in [0.717, 1.165) is 0 Å². The highest BCUT2D eigenvalue weighted by molar-refractivity contribution is 7.92. The quantitative estimate of drug-likeness (QED) is 0.661. The second kappa shape index (κ2) is 8.54. The third kappa shape index (κ3) is 5.45. The number of anilines is 1. The Hall–Kier alpha value is -3.07. The third-order valence-corrected chi connectivity index (χ3v) is 4.90. The van der Waals surface area contributed by atoms with Gasteiger partial charge in [-0.3, -0.25) is 9.52 Å². The van der Waals surface area contributed by atoms with Crippen molar-refractivity contribution >= 4 is 27.6 Å². The summed E-state index contributed by atoms with van der Waals surface area (Å²) in [5.74, 6) is -0.916. The fourth-order valence-electron chi connectivity index (χ4n) is 2.06. The Kier molecular flexibility index (Phi) is 6.40. The SMILES string of the molecule is CCOc1ccc(NS(=O)(=O)c2ccc(C(=O)O[C@H](C)C(N)=O)cc2)cc1. The fourth-order valence-corrected chi connectivity index (χ4v) is 3.12. The summed E-state index contributed by atoms with van der Waals surface area (Å²) in [5, 5.41) is 0. The van der Waals surface area contributed by atoms with Crippen LogP contribution in [-0.4, -0.2) is 33.0 Å². The molecule has 1 atom stereocenters. The van der Waals surface area contributed by atoms with Crippen LogP contribution in [0.15, 0.2) is 53.4 Å². The Balaban J connectivity index is 2.10. The summed E-state index contributed by atoms with van der Waals surface area (Å²) in [6, 6.07) is 11.6. The van der Waals surface area contributed by atoms with E-state index in [1.54, 1.807) is 24.3 Å². The molecule has 9 heteroatoms. The van der Waals surface area contributed by atoms with Crippen molar-refractivity contribution in [2.45, 2.75) is 24.8 Å². The van der Waals surface area contributed by atoms with Gasteiger partial charge in [0.25, 0.3) is 15.9 Å². The molecular formula is C18H20N2O6S. The lowest BCUT2D eigenvalue weighted by atomic mass is 10.2. The number of ether oxygens (including phenoxy) is 2. The molecule has 0 bridgehead atoms. The second-order valence-corrected chi connectivity index (χ2v) is 7.22. The van der Waals surface area contributed by atoms with E-state index in [1.807, 2.05) is 6.92 Å². The van der Waals surface area contributed by atoms with E-state index in [-0.39, 0.29) is 10.5 Å². The molecule has 0 aliphatic carbocycles. The Labute approximate surface area is 157 Å². The van der Waals surface area contributed by atoms with E-state index < -0.39 is 28.0 Å². The maximum absolute atomic E-state index is 12.4. The maximum atomic E-state index is 12.4. The largest absolute Gasteiger partial charge is 0.494 e. The molecule has 0 aliphatic rings. The molecule has 0 fully saturated rings. The number of nitrogens with two attached hydrogens (primary N) is 1. The predicted molar refractivity (Wildman–Crippen MR) is 98.9 cm³/mol. The van der Waals surface area contributed by atoms with Crippen LogP contribution in [0.25, 0.3) is 0 Å². The normalized spacial score (nSPS) is 12.1. The van der Waals surface area contributed by atoms with Gasteiger partial charge in [-0.05, 0) is 62.4 Å². The maximum Gasteiger partial charge on any atom is 0.338 e. The van der Waals surface area contributed by atoms with Crippen molar-refractivity contribution in [3.8, 4) is 5.75 Å². The Morgan fingerprint density at radius 3 is 2.19 bits per heavy atom. The molecule has 2 aromatic carbocycles. The third-order valence-electron chi connectivity index (χ3n) is 3.50. The van der Waals surface area contributed by atoms with Gasteiger partial charge >= 0.3 is 5.97 Å². The second-order valence-electron chi connectivity index (χ2n) is 5.54. The number of carbonyl (C=O) groups excluding carboxylic acids is 2. The highest BCUT2D eigenvalue weighted by atomic mass is 32.2. The summed E-state index contributed by atoms with van der Waals surface area (Å²) in [6.45, 7) is 3.71. The van der Waals surface area contributed by atoms with Gasteiger partial charge in [-0.1, -0.05) is 0 Å². The molecule has 0 heterocycles. The molecular weight excluding hydrogens is 372 g/mol. The number of sulfonamides is 1. The molecule has 3 N–H and O–H groups in total. The van der Waals surface area contributed by atoms with E-state index in [0.29, 0.717) is 18.0 Å². The van der Waals surface area contributed by atoms with Crippen molar-refractivity contribution in [1.29, 1.82) is 0 Å². The smallest absolute Gasteiger partial charge is 0.338 e. The lowest BCUT2D eigenvalue weighted by Crippen LogP contribution is -2.30. The molecule has 0 unspecified atom stereocenters. The molecule has 144 valence electrons. The van der Waals surface area contributed by atoms with E-state index in [1.165, 1.54) is 31.2 Å². The molecule has 0 aliphatic heterocycles. The van der Waals surface area contributed by atoms with E-state index in [4.69, 9.17) is 15.2 Å². The van der Waals surface area contributed by atoms with Gasteiger partial charge in [0.15, 0.2) is 6.10 Å². The van der Waals surface area contributed by atoms with Crippen LogP contribution in [0, 0.1) is 0 Å². The van der Waals surface area contributed by atoms with Crippen LogP contribution in [0.4, 0.5) is 5.69 Å². The Morgan fingerprint density at radius 1 is 1.07 bits per heavy atom. The van der Waals surface area contributed by atoms with Crippen LogP contribution < -0.4 is 15.2 Å². The summed E-state index contributed by atoms with van der Waals surface area (Å²) in [6.07, 6.45) is -1.08. The first-order valence-corrected chi connectivity index (χ1v) is 9.57. The zero-order valence-corrected chi connectivity index (χ0v) is 15.7. The molecule has 2 rings (SSSR count). The van der Waals surface area contributed by atoms with Gasteiger partial charge in [-0.25, -0.2) is 13.2 Å². The molecule has 2 aromatic rings. The minimum atomic E-state index is -3.83.